The molecule has 0 fully saturated rings. The van der Waals surface area contributed by atoms with E-state index in [9.17, 15) is 0 Å². The molecule has 0 radical (unpaired) electrons. The predicted molar refractivity (Wildman–Crippen MR) is 437 cm³/mol. The Morgan fingerprint density at radius 3 is 1.13 bits per heavy atom. The molecule has 0 saturated carbocycles. The van der Waals surface area contributed by atoms with Gasteiger partial charge in [0.1, 0.15) is 0 Å². The zero-order chi connectivity index (χ0) is 71.6. The number of rotatable bonds is 10. The van der Waals surface area contributed by atoms with E-state index >= 15 is 0 Å². The molecule has 2 aliphatic heterocycles. The molecule has 15 aromatic rings. The first-order valence-corrected chi connectivity index (χ1v) is 36.4. The molecular formula is C95H83BN8. The number of aromatic nitrogens is 6. The lowest BCUT2D eigenvalue weighted by Crippen LogP contribution is -2.61. The molecule has 0 aliphatic carbocycles. The van der Waals surface area contributed by atoms with Crippen molar-refractivity contribution >= 4 is 79.0 Å². The van der Waals surface area contributed by atoms with E-state index in [4.69, 9.17) is 24.9 Å². The van der Waals surface area contributed by atoms with Gasteiger partial charge in [0.05, 0.1) is 22.4 Å². The van der Waals surface area contributed by atoms with Crippen LogP contribution >= 0.6 is 0 Å². The summed E-state index contributed by atoms with van der Waals surface area (Å²) in [4.78, 5) is 32.1. The zero-order valence-corrected chi connectivity index (χ0v) is 61.3. The van der Waals surface area contributed by atoms with Crippen LogP contribution in [0.4, 0.5) is 34.1 Å². The fourth-order valence-corrected chi connectivity index (χ4v) is 15.3. The van der Waals surface area contributed by atoms with Crippen LogP contribution in [0.5, 0.6) is 0 Å². The van der Waals surface area contributed by atoms with Crippen molar-refractivity contribution in [2.24, 2.45) is 0 Å². The summed E-state index contributed by atoms with van der Waals surface area (Å²) in [5, 5.41) is 2.26. The molecule has 0 spiro atoms. The molecule has 12 aromatic carbocycles. The van der Waals surface area contributed by atoms with Crippen molar-refractivity contribution in [3.05, 3.63) is 307 Å². The van der Waals surface area contributed by atoms with Crippen LogP contribution in [0.1, 0.15) is 105 Å². The van der Waals surface area contributed by atoms with Gasteiger partial charge in [0.25, 0.3) is 6.71 Å². The van der Waals surface area contributed by atoms with Gasteiger partial charge in [-0.3, -0.25) is 0 Å². The standard InChI is InChI=1S/C95H83BN8/c1-92(2,3)66-52-67(93(4,5)6)55-71(54-66)103-83-43-29-26-40-77(83)96-78-41-27-30-44-84(78)104(72-56-68(94(7,8)9)53-69(57-72)95(10,11)12)86-51-65(50-85(103)87(86)96)64-45-48-82-75(49-64)73-39-25-28-42-81(73)102(82)70-46-47-74(90-100-88(62-35-21-15-22-36-62)99-89(101-90)63-37-23-16-24-38-63)76(58-70)91-97-79(60-31-17-13-18-32-60)59-80(98-91)61-33-19-14-20-34-61/h13-59H,1-12H3. The molecule has 506 valence electrons. The summed E-state index contributed by atoms with van der Waals surface area (Å²) >= 11 is 0. The monoisotopic (exact) mass is 1350 g/mol. The van der Waals surface area contributed by atoms with Gasteiger partial charge in [-0.2, -0.15) is 0 Å². The number of hydrogen-bond acceptors (Lipinski definition) is 7. The van der Waals surface area contributed by atoms with E-state index in [-0.39, 0.29) is 28.4 Å². The van der Waals surface area contributed by atoms with Gasteiger partial charge in [-0.1, -0.05) is 277 Å². The molecule has 0 amide bonds. The Morgan fingerprint density at radius 2 is 0.663 bits per heavy atom. The lowest BCUT2D eigenvalue weighted by atomic mass is 9.33. The average Bonchev–Trinajstić information content (AvgIpc) is 0.802. The minimum atomic E-state index is -0.119. The Morgan fingerprint density at radius 1 is 0.260 bits per heavy atom. The molecule has 0 bridgehead atoms. The number of fused-ring (bicyclic) bond motifs is 7. The lowest BCUT2D eigenvalue weighted by Gasteiger charge is -2.45. The average molecular weight is 1350 g/mol. The van der Waals surface area contributed by atoms with Crippen molar-refractivity contribution in [1.82, 2.24) is 29.5 Å². The van der Waals surface area contributed by atoms with Crippen LogP contribution in [0.2, 0.25) is 0 Å². The van der Waals surface area contributed by atoms with E-state index in [0.717, 1.165) is 94.8 Å². The Labute approximate surface area is 611 Å². The fraction of sp³-hybridized carbons (Fsp3) is 0.168. The largest absolute Gasteiger partial charge is 0.311 e. The van der Waals surface area contributed by atoms with Crippen molar-refractivity contribution in [3.63, 3.8) is 0 Å². The number of para-hydroxylation sites is 3. The van der Waals surface area contributed by atoms with Crippen LogP contribution in [0.15, 0.2) is 285 Å². The van der Waals surface area contributed by atoms with Gasteiger partial charge in [0.2, 0.25) is 0 Å². The van der Waals surface area contributed by atoms with Crippen LogP contribution in [0, 0.1) is 0 Å². The van der Waals surface area contributed by atoms with Crippen molar-refractivity contribution in [1.29, 1.82) is 0 Å². The minimum absolute atomic E-state index is 0.0513. The van der Waals surface area contributed by atoms with Crippen LogP contribution in [-0.4, -0.2) is 36.2 Å². The molecule has 2 aliphatic rings. The Balaban J connectivity index is 0.917. The first kappa shape index (κ1) is 65.5. The second kappa shape index (κ2) is 25.0. The third-order valence-corrected chi connectivity index (χ3v) is 21.0. The topological polar surface area (TPSA) is 75.9 Å². The second-order valence-corrected chi connectivity index (χ2v) is 32.2. The molecular weight excluding hydrogens is 1260 g/mol. The fourth-order valence-electron chi connectivity index (χ4n) is 15.3. The number of anilines is 6. The van der Waals surface area contributed by atoms with Crippen molar-refractivity contribution in [2.45, 2.75) is 105 Å². The highest BCUT2D eigenvalue weighted by Crippen LogP contribution is 2.50. The van der Waals surface area contributed by atoms with Gasteiger partial charge < -0.3 is 14.4 Å². The highest BCUT2D eigenvalue weighted by Gasteiger charge is 2.44. The first-order chi connectivity index (χ1) is 50.1. The molecule has 8 nitrogen and oxygen atoms in total. The first-order valence-electron chi connectivity index (χ1n) is 36.4. The lowest BCUT2D eigenvalue weighted by molar-refractivity contribution is 0.568. The number of hydrogen-bond donors (Lipinski definition) is 0. The normalized spacial score (nSPS) is 12.9. The Bertz CT molecular complexity index is 5530. The van der Waals surface area contributed by atoms with E-state index < -0.39 is 0 Å². The van der Waals surface area contributed by atoms with Crippen LogP contribution in [0.3, 0.4) is 0 Å². The SMILES string of the molecule is CC(C)(C)c1cc(N2c3ccccc3B3c4ccccc4N(c4cc(C(C)(C)C)cc(C(C)(C)C)c4)c4cc(-c5ccc6c(c5)c5ccccc5n6-c5ccc(-c6nc(-c7ccccc7)nc(-c7ccccc7)n6)c(-c6nc(-c7ccccc7)cc(-c7ccccc7)n6)c5)cc2c43)cc(C(C)(C)C)c1. The van der Waals surface area contributed by atoms with Gasteiger partial charge in [0.15, 0.2) is 23.3 Å². The summed E-state index contributed by atoms with van der Waals surface area (Å²) in [6.45, 7) is 28.1. The van der Waals surface area contributed by atoms with Gasteiger partial charge in [-0.15, -0.1) is 0 Å². The summed E-state index contributed by atoms with van der Waals surface area (Å²) in [5.74, 6) is 2.19. The van der Waals surface area contributed by atoms with Crippen LogP contribution < -0.4 is 26.2 Å². The molecule has 0 saturated heterocycles. The summed E-state index contributed by atoms with van der Waals surface area (Å²) in [6.07, 6.45) is 0. The number of nitrogens with zero attached hydrogens (tertiary/aromatic N) is 8. The summed E-state index contributed by atoms with van der Waals surface area (Å²) in [7, 11) is 0. The van der Waals surface area contributed by atoms with E-state index in [1.165, 1.54) is 61.4 Å². The van der Waals surface area contributed by atoms with Gasteiger partial charge in [-0.05, 0) is 162 Å². The highest BCUT2D eigenvalue weighted by molar-refractivity contribution is 7.00. The molecule has 3 aromatic heterocycles. The van der Waals surface area contributed by atoms with E-state index in [0.29, 0.717) is 23.3 Å². The van der Waals surface area contributed by atoms with Crippen molar-refractivity contribution in [2.75, 3.05) is 9.80 Å². The maximum atomic E-state index is 5.53. The number of benzene rings is 12. The minimum Gasteiger partial charge on any atom is -0.311 e. The Hall–Kier alpha value is -11.8. The van der Waals surface area contributed by atoms with Crippen molar-refractivity contribution in [3.8, 4) is 84.9 Å². The van der Waals surface area contributed by atoms with Gasteiger partial charge in [-0.25, -0.2) is 24.9 Å². The predicted octanol–water partition coefficient (Wildman–Crippen LogP) is 22.7. The third-order valence-electron chi connectivity index (χ3n) is 21.0. The molecule has 0 unspecified atom stereocenters. The third kappa shape index (κ3) is 11.7. The Kier molecular flexibility index (Phi) is 15.8. The van der Waals surface area contributed by atoms with Crippen LogP contribution in [0.25, 0.3) is 107 Å². The summed E-state index contributed by atoms with van der Waals surface area (Å²) in [6, 6.07) is 104. The molecule has 104 heavy (non-hydrogen) atoms. The van der Waals surface area contributed by atoms with Gasteiger partial charge in [0, 0.05) is 84.0 Å². The zero-order valence-electron chi connectivity index (χ0n) is 61.3. The van der Waals surface area contributed by atoms with E-state index in [1.807, 2.05) is 72.8 Å². The molecule has 5 heterocycles. The van der Waals surface area contributed by atoms with Gasteiger partial charge >= 0.3 is 0 Å². The van der Waals surface area contributed by atoms with E-state index in [1.54, 1.807) is 0 Å². The molecule has 0 N–H and O–H groups in total. The highest BCUT2D eigenvalue weighted by atomic mass is 15.2. The summed E-state index contributed by atoms with van der Waals surface area (Å²) < 4.78 is 2.40. The quantitative estimate of drug-likeness (QED) is 0.126. The molecule has 9 heteroatoms. The second-order valence-electron chi connectivity index (χ2n) is 32.2. The molecule has 0 atom stereocenters. The van der Waals surface area contributed by atoms with E-state index in [2.05, 4.69) is 310 Å². The molecule has 17 rings (SSSR count). The van der Waals surface area contributed by atoms with Crippen molar-refractivity contribution < 1.29 is 0 Å². The summed E-state index contributed by atoms with van der Waals surface area (Å²) in [5.41, 5.74) is 27.8. The maximum absolute atomic E-state index is 5.53. The van der Waals surface area contributed by atoms with Crippen LogP contribution in [-0.2, 0) is 21.7 Å². The maximum Gasteiger partial charge on any atom is 0.252 e. The smallest absolute Gasteiger partial charge is 0.252 e.